The fourth-order valence-electron chi connectivity index (χ4n) is 1.62. The third kappa shape index (κ3) is 2.45. The molecule has 0 spiro atoms. The van der Waals surface area contributed by atoms with Crippen molar-refractivity contribution in [2.45, 2.75) is 30.8 Å². The molecule has 0 bridgehead atoms. The quantitative estimate of drug-likeness (QED) is 0.768. The highest BCUT2D eigenvalue weighted by Gasteiger charge is 2.14. The van der Waals surface area contributed by atoms with Crippen LogP contribution >= 0.6 is 11.8 Å². The van der Waals surface area contributed by atoms with Crippen molar-refractivity contribution in [1.29, 1.82) is 0 Å². The predicted octanol–water partition coefficient (Wildman–Crippen LogP) is 1.63. The van der Waals surface area contributed by atoms with Crippen LogP contribution in [0.15, 0.2) is 17.4 Å². The van der Waals surface area contributed by atoms with Gasteiger partial charge < -0.3 is 5.32 Å². The van der Waals surface area contributed by atoms with Crippen LogP contribution in [-0.2, 0) is 0 Å². The fourth-order valence-corrected chi connectivity index (χ4v) is 2.66. The zero-order valence-electron chi connectivity index (χ0n) is 8.36. The van der Waals surface area contributed by atoms with E-state index in [9.17, 15) is 0 Å². The summed E-state index contributed by atoms with van der Waals surface area (Å²) in [4.78, 5) is 8.53. The molecule has 0 radical (unpaired) electrons. The van der Waals surface area contributed by atoms with Crippen LogP contribution in [0.5, 0.6) is 0 Å². The molecule has 0 amide bonds. The number of thioether (sulfide) groups is 1. The van der Waals surface area contributed by atoms with E-state index in [2.05, 4.69) is 15.3 Å². The van der Waals surface area contributed by atoms with Crippen molar-refractivity contribution in [3.63, 3.8) is 0 Å². The largest absolute Gasteiger partial charge is 0.313 e. The fraction of sp³-hybridized carbons (Fsp3) is 0.600. The molecule has 2 heterocycles. The lowest BCUT2D eigenvalue weighted by Gasteiger charge is -2.09. The molecule has 76 valence electrons. The Morgan fingerprint density at radius 3 is 3.07 bits per heavy atom. The summed E-state index contributed by atoms with van der Waals surface area (Å²) in [6, 6.07) is 0.668. The van der Waals surface area contributed by atoms with Crippen molar-refractivity contribution in [1.82, 2.24) is 15.3 Å². The lowest BCUT2D eigenvalue weighted by atomic mass is 10.3. The van der Waals surface area contributed by atoms with Gasteiger partial charge in [0.1, 0.15) is 5.03 Å². The first kappa shape index (κ1) is 9.93. The minimum atomic E-state index is 0.668. The van der Waals surface area contributed by atoms with Gasteiger partial charge in [-0.15, -0.1) is 11.8 Å². The predicted molar refractivity (Wildman–Crippen MR) is 58.5 cm³/mol. The third-order valence-corrected chi connectivity index (χ3v) is 3.66. The summed E-state index contributed by atoms with van der Waals surface area (Å²) in [5.74, 6) is 1.11. The van der Waals surface area contributed by atoms with Crippen molar-refractivity contribution in [3.8, 4) is 0 Å². The molecule has 4 heteroatoms. The van der Waals surface area contributed by atoms with E-state index in [-0.39, 0.29) is 0 Å². The summed E-state index contributed by atoms with van der Waals surface area (Å²) in [6.45, 7) is 3.18. The highest BCUT2D eigenvalue weighted by atomic mass is 32.2. The molecule has 2 rings (SSSR count). The van der Waals surface area contributed by atoms with E-state index < -0.39 is 0 Å². The van der Waals surface area contributed by atoms with Crippen molar-refractivity contribution in [2.75, 3.05) is 12.3 Å². The van der Waals surface area contributed by atoms with Gasteiger partial charge in [-0.25, -0.2) is 4.98 Å². The lowest BCUT2D eigenvalue weighted by molar-refractivity contribution is 0.673. The molecular weight excluding hydrogens is 194 g/mol. The van der Waals surface area contributed by atoms with E-state index in [1.165, 1.54) is 19.4 Å². The minimum absolute atomic E-state index is 0.668. The van der Waals surface area contributed by atoms with Gasteiger partial charge in [0, 0.05) is 24.2 Å². The minimum Gasteiger partial charge on any atom is -0.313 e. The Morgan fingerprint density at radius 2 is 2.36 bits per heavy atom. The van der Waals surface area contributed by atoms with Crippen molar-refractivity contribution in [2.24, 2.45) is 0 Å². The van der Waals surface area contributed by atoms with E-state index in [0.717, 1.165) is 16.5 Å². The van der Waals surface area contributed by atoms with Gasteiger partial charge in [0.2, 0.25) is 0 Å². The highest BCUT2D eigenvalue weighted by molar-refractivity contribution is 7.99. The maximum Gasteiger partial charge on any atom is 0.117 e. The molecule has 1 unspecified atom stereocenters. The number of rotatable bonds is 3. The van der Waals surface area contributed by atoms with E-state index >= 15 is 0 Å². The molecule has 1 fully saturated rings. The molecule has 1 saturated heterocycles. The molecule has 1 aromatic rings. The Hall–Kier alpha value is -0.610. The number of hydrogen-bond donors (Lipinski definition) is 1. The van der Waals surface area contributed by atoms with Gasteiger partial charge in [0.25, 0.3) is 0 Å². The number of hydrogen-bond acceptors (Lipinski definition) is 4. The Kier molecular flexibility index (Phi) is 3.37. The molecule has 1 aliphatic heterocycles. The molecule has 1 aromatic heterocycles. The van der Waals surface area contributed by atoms with Crippen LogP contribution in [0.1, 0.15) is 18.5 Å². The highest BCUT2D eigenvalue weighted by Crippen LogP contribution is 2.20. The second-order valence-electron chi connectivity index (χ2n) is 3.55. The number of aryl methyl sites for hydroxylation is 1. The van der Waals surface area contributed by atoms with Crippen LogP contribution in [0.2, 0.25) is 0 Å². The van der Waals surface area contributed by atoms with Gasteiger partial charge in [-0.3, -0.25) is 4.98 Å². The first-order valence-corrected chi connectivity index (χ1v) is 5.98. The number of aromatic nitrogens is 2. The zero-order valence-corrected chi connectivity index (χ0v) is 9.18. The first-order chi connectivity index (χ1) is 6.86. The summed E-state index contributed by atoms with van der Waals surface area (Å²) in [7, 11) is 0. The summed E-state index contributed by atoms with van der Waals surface area (Å²) < 4.78 is 0. The van der Waals surface area contributed by atoms with E-state index in [1.54, 1.807) is 12.4 Å². The Morgan fingerprint density at radius 1 is 1.50 bits per heavy atom. The van der Waals surface area contributed by atoms with Gasteiger partial charge >= 0.3 is 0 Å². The number of nitrogens with one attached hydrogen (secondary N) is 1. The standard InChI is InChI=1S/C10H15N3S/c1-8-10(13-6-5-11-8)14-7-9-3-2-4-12-9/h5-6,9,12H,2-4,7H2,1H3. The van der Waals surface area contributed by atoms with Crippen LogP contribution in [0, 0.1) is 6.92 Å². The summed E-state index contributed by atoms with van der Waals surface area (Å²) in [5.41, 5.74) is 1.04. The second kappa shape index (κ2) is 4.75. The summed E-state index contributed by atoms with van der Waals surface area (Å²) >= 11 is 1.81. The van der Waals surface area contributed by atoms with Gasteiger partial charge in [-0.2, -0.15) is 0 Å². The summed E-state index contributed by atoms with van der Waals surface area (Å²) in [6.07, 6.45) is 6.11. The molecule has 3 nitrogen and oxygen atoms in total. The summed E-state index contributed by atoms with van der Waals surface area (Å²) in [5, 5.41) is 4.55. The van der Waals surface area contributed by atoms with Crippen molar-refractivity contribution >= 4 is 11.8 Å². The van der Waals surface area contributed by atoms with Gasteiger partial charge in [0.05, 0.1) is 5.69 Å². The maximum atomic E-state index is 4.31. The van der Waals surface area contributed by atoms with E-state index in [1.807, 2.05) is 18.7 Å². The Bertz CT molecular complexity index is 297. The molecule has 0 aromatic carbocycles. The van der Waals surface area contributed by atoms with E-state index in [0.29, 0.717) is 6.04 Å². The molecule has 1 aliphatic rings. The lowest BCUT2D eigenvalue weighted by Crippen LogP contribution is -2.23. The van der Waals surface area contributed by atoms with Gasteiger partial charge in [-0.1, -0.05) is 0 Å². The van der Waals surface area contributed by atoms with Gasteiger partial charge in [-0.05, 0) is 26.3 Å². The van der Waals surface area contributed by atoms with Crippen molar-refractivity contribution in [3.05, 3.63) is 18.1 Å². The van der Waals surface area contributed by atoms with Crippen LogP contribution in [-0.4, -0.2) is 28.3 Å². The van der Waals surface area contributed by atoms with E-state index in [4.69, 9.17) is 0 Å². The molecule has 1 N–H and O–H groups in total. The maximum absolute atomic E-state index is 4.31. The molecular formula is C10H15N3S. The topological polar surface area (TPSA) is 37.8 Å². The van der Waals surface area contributed by atoms with Crippen molar-refractivity contribution < 1.29 is 0 Å². The SMILES string of the molecule is Cc1nccnc1SCC1CCCN1. The van der Waals surface area contributed by atoms with Crippen LogP contribution < -0.4 is 5.32 Å². The molecule has 0 aliphatic carbocycles. The monoisotopic (exact) mass is 209 g/mol. The number of nitrogens with zero attached hydrogens (tertiary/aromatic N) is 2. The Balaban J connectivity index is 1.88. The zero-order chi connectivity index (χ0) is 9.80. The smallest absolute Gasteiger partial charge is 0.117 e. The Labute approximate surface area is 88.7 Å². The van der Waals surface area contributed by atoms with Crippen LogP contribution in [0.25, 0.3) is 0 Å². The van der Waals surface area contributed by atoms with Crippen LogP contribution in [0.4, 0.5) is 0 Å². The molecule has 14 heavy (non-hydrogen) atoms. The van der Waals surface area contributed by atoms with Gasteiger partial charge in [0.15, 0.2) is 0 Å². The average Bonchev–Trinajstić information content (AvgIpc) is 2.69. The van der Waals surface area contributed by atoms with Crippen LogP contribution in [0.3, 0.4) is 0 Å². The first-order valence-electron chi connectivity index (χ1n) is 5.00. The second-order valence-corrected chi connectivity index (χ2v) is 4.56. The average molecular weight is 209 g/mol. The molecule has 1 atom stereocenters. The third-order valence-electron chi connectivity index (χ3n) is 2.42. The normalized spacial score (nSPS) is 21.4. The molecule has 0 saturated carbocycles.